The summed E-state index contributed by atoms with van der Waals surface area (Å²) >= 11 is 1.13. The number of thiophene rings is 1. The molecule has 1 heterocycles. The highest BCUT2D eigenvalue weighted by atomic mass is 32.1. The molecule has 0 fully saturated rings. The number of anilines is 2. The molecule has 0 aliphatic heterocycles. The Kier molecular flexibility index (Phi) is 7.65. The minimum atomic E-state index is -0.837. The zero-order valence-electron chi connectivity index (χ0n) is 18.5. The van der Waals surface area contributed by atoms with Gasteiger partial charge in [-0.2, -0.15) is 0 Å². The number of ether oxygens (including phenoxy) is 2. The number of carbonyl (C=O) groups is 2. The van der Waals surface area contributed by atoms with E-state index in [0.717, 1.165) is 33.9 Å². The van der Waals surface area contributed by atoms with Gasteiger partial charge in [0.2, 0.25) is 0 Å². The van der Waals surface area contributed by atoms with E-state index in [-0.39, 0.29) is 29.3 Å². The van der Waals surface area contributed by atoms with Gasteiger partial charge in [0.1, 0.15) is 16.6 Å². The number of benzene rings is 2. The third-order valence-electron chi connectivity index (χ3n) is 4.89. The van der Waals surface area contributed by atoms with Gasteiger partial charge in [-0.1, -0.05) is 18.2 Å². The average Bonchev–Trinajstić information content (AvgIpc) is 3.11. The topological polar surface area (TPSA) is 81.9 Å². The fourth-order valence-electron chi connectivity index (χ4n) is 3.30. The van der Waals surface area contributed by atoms with E-state index in [1.165, 1.54) is 6.07 Å². The van der Waals surface area contributed by atoms with E-state index in [0.29, 0.717) is 16.1 Å². The number of hydrogen-bond acceptors (Lipinski definition) is 6. The van der Waals surface area contributed by atoms with E-state index in [1.54, 1.807) is 45.0 Å². The molecular formula is C24H24F2N2O4S. The molecule has 3 rings (SSSR count). The van der Waals surface area contributed by atoms with Crippen molar-refractivity contribution in [3.8, 4) is 10.4 Å². The van der Waals surface area contributed by atoms with E-state index >= 15 is 0 Å². The lowest BCUT2D eigenvalue weighted by Gasteiger charge is -2.22. The SMILES string of the molecule is CCOC(=O)c1c(N(Cc2c(F)cccc2F)C(=O)OCC)sc(-c2ccc(N)cc2)c1C. The van der Waals surface area contributed by atoms with Gasteiger partial charge in [0.25, 0.3) is 0 Å². The molecule has 174 valence electrons. The van der Waals surface area contributed by atoms with E-state index in [2.05, 4.69) is 0 Å². The van der Waals surface area contributed by atoms with Gasteiger partial charge >= 0.3 is 12.1 Å². The van der Waals surface area contributed by atoms with E-state index in [9.17, 15) is 18.4 Å². The van der Waals surface area contributed by atoms with Crippen molar-refractivity contribution in [1.82, 2.24) is 0 Å². The molecule has 0 radical (unpaired) electrons. The van der Waals surface area contributed by atoms with Crippen LogP contribution in [-0.4, -0.2) is 25.3 Å². The van der Waals surface area contributed by atoms with Crippen molar-refractivity contribution < 1.29 is 27.8 Å². The van der Waals surface area contributed by atoms with Crippen molar-refractivity contribution >= 4 is 34.1 Å². The standard InChI is InChI=1S/C24H24F2N2O4S/c1-4-31-23(29)20-14(3)21(15-9-11-16(27)12-10-15)33-22(20)28(24(30)32-5-2)13-17-18(25)7-6-8-19(17)26/h6-12H,4-5,13,27H2,1-3H3. The molecular weight excluding hydrogens is 450 g/mol. The minimum Gasteiger partial charge on any atom is -0.462 e. The Labute approximate surface area is 194 Å². The van der Waals surface area contributed by atoms with Crippen LogP contribution in [0.4, 0.5) is 24.3 Å². The summed E-state index contributed by atoms with van der Waals surface area (Å²) in [5.41, 5.74) is 7.52. The zero-order chi connectivity index (χ0) is 24.1. The van der Waals surface area contributed by atoms with E-state index in [4.69, 9.17) is 15.2 Å². The van der Waals surface area contributed by atoms with Gasteiger partial charge < -0.3 is 15.2 Å². The molecule has 0 atom stereocenters. The van der Waals surface area contributed by atoms with Crippen molar-refractivity contribution in [3.05, 3.63) is 70.8 Å². The van der Waals surface area contributed by atoms with Gasteiger partial charge in [-0.15, -0.1) is 11.3 Å². The second-order valence-electron chi connectivity index (χ2n) is 7.06. The molecule has 3 aromatic rings. The monoisotopic (exact) mass is 474 g/mol. The maximum Gasteiger partial charge on any atom is 0.415 e. The van der Waals surface area contributed by atoms with Crippen LogP contribution in [0.5, 0.6) is 0 Å². The fraction of sp³-hybridized carbons (Fsp3) is 0.250. The Hall–Kier alpha value is -3.46. The predicted octanol–water partition coefficient (Wildman–Crippen LogP) is 5.92. The summed E-state index contributed by atoms with van der Waals surface area (Å²) in [5.74, 6) is -2.27. The van der Waals surface area contributed by atoms with Crippen LogP contribution in [0.3, 0.4) is 0 Å². The molecule has 2 N–H and O–H groups in total. The van der Waals surface area contributed by atoms with Crippen molar-refractivity contribution in [1.29, 1.82) is 0 Å². The molecule has 9 heteroatoms. The lowest BCUT2D eigenvalue weighted by atomic mass is 10.1. The van der Waals surface area contributed by atoms with Gasteiger partial charge in [-0.05, 0) is 56.2 Å². The first-order valence-corrected chi connectivity index (χ1v) is 11.1. The summed E-state index contributed by atoms with van der Waals surface area (Å²) in [5, 5.41) is 0.180. The molecule has 0 spiro atoms. The molecule has 6 nitrogen and oxygen atoms in total. The number of esters is 1. The van der Waals surface area contributed by atoms with Crippen LogP contribution >= 0.6 is 11.3 Å². The Morgan fingerprint density at radius 3 is 2.18 bits per heavy atom. The normalized spacial score (nSPS) is 10.7. The summed E-state index contributed by atoms with van der Waals surface area (Å²) < 4.78 is 39.2. The molecule has 1 aromatic heterocycles. The summed E-state index contributed by atoms with van der Waals surface area (Å²) in [6.45, 7) is 4.70. The first kappa shape index (κ1) is 24.2. The minimum absolute atomic E-state index is 0.0407. The number of halogens is 2. The van der Waals surface area contributed by atoms with Crippen LogP contribution in [0.2, 0.25) is 0 Å². The number of carbonyl (C=O) groups excluding carboxylic acids is 2. The first-order valence-electron chi connectivity index (χ1n) is 10.3. The Morgan fingerprint density at radius 1 is 1.00 bits per heavy atom. The van der Waals surface area contributed by atoms with Gasteiger partial charge in [0.15, 0.2) is 0 Å². The molecule has 0 saturated carbocycles. The van der Waals surface area contributed by atoms with Crippen molar-refractivity contribution in [3.63, 3.8) is 0 Å². The summed E-state index contributed by atoms with van der Waals surface area (Å²) in [6.07, 6.45) is -0.837. The van der Waals surface area contributed by atoms with E-state index < -0.39 is 30.2 Å². The van der Waals surface area contributed by atoms with E-state index in [1.807, 2.05) is 0 Å². The molecule has 2 aromatic carbocycles. The average molecular weight is 475 g/mol. The molecule has 0 aliphatic carbocycles. The molecule has 0 saturated heterocycles. The highest BCUT2D eigenvalue weighted by Crippen LogP contribution is 2.43. The number of hydrogen-bond donors (Lipinski definition) is 1. The lowest BCUT2D eigenvalue weighted by Crippen LogP contribution is -2.32. The highest BCUT2D eigenvalue weighted by Gasteiger charge is 2.31. The van der Waals surface area contributed by atoms with Crippen LogP contribution in [0.15, 0.2) is 42.5 Å². The van der Waals surface area contributed by atoms with Crippen LogP contribution in [0, 0.1) is 18.6 Å². The Morgan fingerprint density at radius 2 is 1.61 bits per heavy atom. The highest BCUT2D eigenvalue weighted by molar-refractivity contribution is 7.20. The van der Waals surface area contributed by atoms with Gasteiger partial charge in [0, 0.05) is 16.1 Å². The lowest BCUT2D eigenvalue weighted by molar-refractivity contribution is 0.0527. The van der Waals surface area contributed by atoms with Crippen LogP contribution in [0.1, 0.15) is 35.3 Å². The number of amides is 1. The second-order valence-corrected chi connectivity index (χ2v) is 8.06. The van der Waals surface area contributed by atoms with Crippen molar-refractivity contribution in [2.75, 3.05) is 23.8 Å². The second kappa shape index (κ2) is 10.4. The first-order chi connectivity index (χ1) is 15.8. The largest absolute Gasteiger partial charge is 0.462 e. The zero-order valence-corrected chi connectivity index (χ0v) is 19.3. The van der Waals surface area contributed by atoms with Crippen LogP contribution < -0.4 is 10.6 Å². The summed E-state index contributed by atoms with van der Waals surface area (Å²) in [6, 6.07) is 10.5. The molecule has 0 unspecified atom stereocenters. The summed E-state index contributed by atoms with van der Waals surface area (Å²) in [7, 11) is 0. The third kappa shape index (κ3) is 5.14. The Bertz CT molecular complexity index is 1140. The van der Waals surface area contributed by atoms with Gasteiger partial charge in [-0.3, -0.25) is 4.90 Å². The van der Waals surface area contributed by atoms with Gasteiger partial charge in [0.05, 0.1) is 25.3 Å². The van der Waals surface area contributed by atoms with Crippen LogP contribution in [-0.2, 0) is 16.0 Å². The quantitative estimate of drug-likeness (QED) is 0.339. The number of rotatable bonds is 7. The molecule has 0 bridgehead atoms. The van der Waals surface area contributed by atoms with Crippen LogP contribution in [0.25, 0.3) is 10.4 Å². The van der Waals surface area contributed by atoms with Gasteiger partial charge in [-0.25, -0.2) is 18.4 Å². The Balaban J connectivity index is 2.20. The smallest absolute Gasteiger partial charge is 0.415 e. The van der Waals surface area contributed by atoms with Crippen molar-refractivity contribution in [2.24, 2.45) is 0 Å². The maximum absolute atomic E-state index is 14.4. The number of nitrogens with two attached hydrogens (primary N) is 1. The summed E-state index contributed by atoms with van der Waals surface area (Å²) in [4.78, 5) is 27.6. The number of nitrogens with zero attached hydrogens (tertiary/aromatic N) is 1. The third-order valence-corrected chi connectivity index (χ3v) is 6.26. The van der Waals surface area contributed by atoms with Crippen molar-refractivity contribution in [2.45, 2.75) is 27.3 Å². The number of nitrogen functional groups attached to an aromatic ring is 1. The molecule has 1 amide bonds. The molecule has 33 heavy (non-hydrogen) atoms. The predicted molar refractivity (Wildman–Crippen MR) is 124 cm³/mol. The maximum atomic E-state index is 14.4. The fourth-order valence-corrected chi connectivity index (χ4v) is 4.59. The molecule has 0 aliphatic rings.